The van der Waals surface area contributed by atoms with Gasteiger partial charge in [0.15, 0.2) is 0 Å². The molecule has 39 heavy (non-hydrogen) atoms. The molecule has 1 unspecified atom stereocenters. The number of benzene rings is 2. The summed E-state index contributed by atoms with van der Waals surface area (Å²) in [5, 5.41) is 8.33. The Labute approximate surface area is 228 Å². The van der Waals surface area contributed by atoms with Gasteiger partial charge in [-0.2, -0.15) is 8.42 Å². The highest BCUT2D eigenvalue weighted by molar-refractivity contribution is 7.92. The van der Waals surface area contributed by atoms with E-state index < -0.39 is 34.1 Å². The van der Waals surface area contributed by atoms with Crippen molar-refractivity contribution in [3.05, 3.63) is 65.7 Å². The van der Waals surface area contributed by atoms with Crippen LogP contribution < -0.4 is 25.0 Å². The Morgan fingerprint density at radius 2 is 1.51 bits per heavy atom. The number of hydrogen-bond acceptors (Lipinski definition) is 6. The fourth-order valence-electron chi connectivity index (χ4n) is 4.21. The number of rotatable bonds is 13. The molecule has 4 N–H and O–H groups in total. The van der Waals surface area contributed by atoms with Crippen LogP contribution in [-0.4, -0.2) is 57.2 Å². The number of anilines is 1. The van der Waals surface area contributed by atoms with Crippen LogP contribution in [0, 0.1) is 0 Å². The third-order valence-corrected chi connectivity index (χ3v) is 7.58. The molecule has 210 valence electrons. The van der Waals surface area contributed by atoms with E-state index in [0.29, 0.717) is 17.8 Å². The molecule has 11 nitrogen and oxygen atoms in total. The Balaban J connectivity index is 1.76. The van der Waals surface area contributed by atoms with Crippen molar-refractivity contribution in [3.63, 3.8) is 0 Å². The Kier molecular flexibility index (Phi) is 10.4. The van der Waals surface area contributed by atoms with Gasteiger partial charge < -0.3 is 16.0 Å². The standard InChI is InChI=1S/C27H35N5O6S/c1-3-4-8-15-28-26(35)23(30-27(36)24(29-19(2)33)16-20-9-6-5-7-10-20)17-21-11-13-22(14-12-21)32-18-25(34)31-39(32,37)38/h5-7,9-14,23-24H,3-4,8,15-18H2,1-2H3,(H,28,35)(H,29,33)(H,30,36)(H,31,34)/t23-,24?/m0/s1. The number of carbonyl (C=O) groups is 4. The first-order valence-corrected chi connectivity index (χ1v) is 14.3. The molecule has 1 fully saturated rings. The normalized spacial score (nSPS) is 15.6. The lowest BCUT2D eigenvalue weighted by atomic mass is 10.0. The second kappa shape index (κ2) is 13.7. The quantitative estimate of drug-likeness (QED) is 0.269. The molecule has 0 radical (unpaired) electrons. The summed E-state index contributed by atoms with van der Waals surface area (Å²) in [6.45, 7) is 3.54. The molecule has 1 aliphatic heterocycles. The zero-order valence-electron chi connectivity index (χ0n) is 22.1. The van der Waals surface area contributed by atoms with Gasteiger partial charge in [0, 0.05) is 26.3 Å². The van der Waals surface area contributed by atoms with E-state index in [-0.39, 0.29) is 31.2 Å². The Morgan fingerprint density at radius 3 is 2.08 bits per heavy atom. The van der Waals surface area contributed by atoms with Crippen LogP contribution in [0.1, 0.15) is 44.2 Å². The largest absolute Gasteiger partial charge is 0.354 e. The van der Waals surface area contributed by atoms with Crippen LogP contribution in [0.3, 0.4) is 0 Å². The Hall–Kier alpha value is -3.93. The summed E-state index contributed by atoms with van der Waals surface area (Å²) in [6.07, 6.45) is 3.14. The van der Waals surface area contributed by atoms with Crippen LogP contribution >= 0.6 is 0 Å². The smallest absolute Gasteiger partial charge is 0.326 e. The Bertz CT molecular complexity index is 1270. The SMILES string of the molecule is CCCCCNC(=O)[C@H](Cc1ccc(N2CC(=O)NS2(=O)=O)cc1)NC(=O)C(Cc1ccccc1)NC(C)=O. The number of unbranched alkanes of at least 4 members (excludes halogenated alkanes) is 2. The molecule has 0 aliphatic carbocycles. The van der Waals surface area contributed by atoms with E-state index in [0.717, 1.165) is 29.1 Å². The highest BCUT2D eigenvalue weighted by atomic mass is 32.2. The van der Waals surface area contributed by atoms with Crippen molar-refractivity contribution in [2.24, 2.45) is 0 Å². The van der Waals surface area contributed by atoms with E-state index in [2.05, 4.69) is 22.9 Å². The average molecular weight is 558 g/mol. The number of carbonyl (C=O) groups excluding carboxylic acids is 4. The molecular weight excluding hydrogens is 522 g/mol. The molecule has 0 bridgehead atoms. The fourth-order valence-corrected chi connectivity index (χ4v) is 5.36. The summed E-state index contributed by atoms with van der Waals surface area (Å²) in [5.41, 5.74) is 1.82. The third kappa shape index (κ3) is 8.81. The maximum absolute atomic E-state index is 13.3. The summed E-state index contributed by atoms with van der Waals surface area (Å²) in [4.78, 5) is 49.8. The van der Waals surface area contributed by atoms with E-state index in [1.54, 1.807) is 24.3 Å². The van der Waals surface area contributed by atoms with Crippen molar-refractivity contribution in [2.75, 3.05) is 17.4 Å². The van der Waals surface area contributed by atoms with Crippen molar-refractivity contribution in [1.29, 1.82) is 0 Å². The van der Waals surface area contributed by atoms with Crippen molar-refractivity contribution in [3.8, 4) is 0 Å². The van der Waals surface area contributed by atoms with E-state index in [1.807, 2.05) is 35.1 Å². The molecule has 2 aromatic carbocycles. The van der Waals surface area contributed by atoms with Gasteiger partial charge in [0.05, 0.1) is 5.69 Å². The summed E-state index contributed by atoms with van der Waals surface area (Å²) >= 11 is 0. The van der Waals surface area contributed by atoms with Crippen LogP contribution in [0.15, 0.2) is 54.6 Å². The number of nitrogens with one attached hydrogen (secondary N) is 4. The monoisotopic (exact) mass is 557 g/mol. The first kappa shape index (κ1) is 29.6. The molecule has 2 atom stereocenters. The lowest BCUT2D eigenvalue weighted by molar-refractivity contribution is -0.131. The number of amides is 4. The van der Waals surface area contributed by atoms with Crippen molar-refractivity contribution in [2.45, 2.75) is 58.0 Å². The third-order valence-electron chi connectivity index (χ3n) is 6.17. The topological polar surface area (TPSA) is 154 Å². The summed E-state index contributed by atoms with van der Waals surface area (Å²) in [7, 11) is -3.94. The van der Waals surface area contributed by atoms with Gasteiger partial charge >= 0.3 is 10.2 Å². The van der Waals surface area contributed by atoms with Crippen LogP contribution in [0.4, 0.5) is 5.69 Å². The van der Waals surface area contributed by atoms with Crippen LogP contribution in [0.25, 0.3) is 0 Å². The minimum Gasteiger partial charge on any atom is -0.354 e. The van der Waals surface area contributed by atoms with Crippen molar-refractivity contribution in [1.82, 2.24) is 20.7 Å². The first-order chi connectivity index (χ1) is 18.6. The van der Waals surface area contributed by atoms with Gasteiger partial charge in [-0.15, -0.1) is 0 Å². The van der Waals surface area contributed by atoms with Crippen LogP contribution in [0.5, 0.6) is 0 Å². The van der Waals surface area contributed by atoms with Gasteiger partial charge in [0.1, 0.15) is 18.6 Å². The molecule has 1 aliphatic rings. The van der Waals surface area contributed by atoms with Gasteiger partial charge in [-0.25, -0.2) is 9.03 Å². The predicted molar refractivity (Wildman–Crippen MR) is 147 cm³/mol. The molecule has 0 spiro atoms. The van der Waals surface area contributed by atoms with E-state index in [9.17, 15) is 27.6 Å². The first-order valence-electron chi connectivity index (χ1n) is 12.9. The average Bonchev–Trinajstić information content (AvgIpc) is 3.18. The summed E-state index contributed by atoms with van der Waals surface area (Å²) in [6, 6.07) is 13.8. The fraction of sp³-hybridized carbons (Fsp3) is 0.407. The molecule has 12 heteroatoms. The minimum atomic E-state index is -3.94. The maximum Gasteiger partial charge on any atom is 0.326 e. The van der Waals surface area contributed by atoms with Crippen molar-refractivity contribution >= 4 is 39.5 Å². The molecule has 0 saturated carbocycles. The van der Waals surface area contributed by atoms with Gasteiger partial charge in [0.2, 0.25) is 17.7 Å². The number of hydrogen-bond donors (Lipinski definition) is 4. The zero-order valence-corrected chi connectivity index (χ0v) is 22.9. The van der Waals surface area contributed by atoms with E-state index in [1.165, 1.54) is 6.92 Å². The molecule has 1 saturated heterocycles. The lowest BCUT2D eigenvalue weighted by Gasteiger charge is -2.23. The molecule has 4 amide bonds. The predicted octanol–water partition coefficient (Wildman–Crippen LogP) is 0.949. The van der Waals surface area contributed by atoms with Crippen LogP contribution in [-0.2, 0) is 42.2 Å². The second-order valence-corrected chi connectivity index (χ2v) is 11.0. The molecular formula is C27H35N5O6S. The van der Waals surface area contributed by atoms with Crippen LogP contribution in [0.2, 0.25) is 0 Å². The van der Waals surface area contributed by atoms with Gasteiger partial charge in [-0.1, -0.05) is 62.2 Å². The van der Waals surface area contributed by atoms with E-state index >= 15 is 0 Å². The summed E-state index contributed by atoms with van der Waals surface area (Å²) < 4.78 is 27.1. The zero-order chi connectivity index (χ0) is 28.4. The van der Waals surface area contributed by atoms with Crippen molar-refractivity contribution < 1.29 is 27.6 Å². The minimum absolute atomic E-state index is 0.133. The molecule has 2 aromatic rings. The number of nitrogens with zero attached hydrogens (tertiary/aromatic N) is 1. The lowest BCUT2D eigenvalue weighted by Crippen LogP contribution is -2.55. The molecule has 0 aromatic heterocycles. The van der Waals surface area contributed by atoms with Gasteiger partial charge in [-0.3, -0.25) is 19.2 Å². The Morgan fingerprint density at radius 1 is 0.897 bits per heavy atom. The highest BCUT2D eigenvalue weighted by Gasteiger charge is 2.34. The summed E-state index contributed by atoms with van der Waals surface area (Å²) in [5.74, 6) is -1.84. The molecule has 1 heterocycles. The molecule has 3 rings (SSSR count). The van der Waals surface area contributed by atoms with Gasteiger partial charge in [0.25, 0.3) is 5.91 Å². The second-order valence-electron chi connectivity index (χ2n) is 9.41. The highest BCUT2D eigenvalue weighted by Crippen LogP contribution is 2.21. The maximum atomic E-state index is 13.3. The van der Waals surface area contributed by atoms with E-state index in [4.69, 9.17) is 0 Å². The van der Waals surface area contributed by atoms with Gasteiger partial charge in [-0.05, 0) is 29.7 Å².